The minimum absolute atomic E-state index is 0.990. The van der Waals surface area contributed by atoms with Crippen molar-refractivity contribution in [2.75, 3.05) is 0 Å². The Hall–Kier alpha value is -2.12. The lowest BCUT2D eigenvalue weighted by Gasteiger charge is -2.16. The largest absolute Gasteiger partial charge is 0.0622 e. The van der Waals surface area contributed by atoms with Crippen LogP contribution >= 0.6 is 15.9 Å². The van der Waals surface area contributed by atoms with Gasteiger partial charge in [-0.15, -0.1) is 0 Å². The third kappa shape index (κ3) is 3.62. The van der Waals surface area contributed by atoms with Crippen molar-refractivity contribution in [2.45, 2.75) is 13.3 Å². The van der Waals surface area contributed by atoms with E-state index in [1.165, 1.54) is 27.8 Å². The van der Waals surface area contributed by atoms with Crippen LogP contribution in [0.3, 0.4) is 0 Å². The standard InChI is InChI=1S/C22H19Br/c1-2-21(17-9-5-3-6-10-17)22(18-11-7-4-8-12-18)19-13-15-20(23)16-14-19/h3-16H,2H2,1H3/b22-21-. The summed E-state index contributed by atoms with van der Waals surface area (Å²) in [7, 11) is 0. The molecular formula is C22H19Br. The summed E-state index contributed by atoms with van der Waals surface area (Å²) in [4.78, 5) is 0. The number of allylic oxidation sites excluding steroid dienone is 1. The molecule has 0 fully saturated rings. The molecule has 0 heterocycles. The fourth-order valence-corrected chi connectivity index (χ4v) is 3.17. The van der Waals surface area contributed by atoms with Gasteiger partial charge >= 0.3 is 0 Å². The van der Waals surface area contributed by atoms with Gasteiger partial charge < -0.3 is 0 Å². The van der Waals surface area contributed by atoms with Crippen LogP contribution in [0.4, 0.5) is 0 Å². The summed E-state index contributed by atoms with van der Waals surface area (Å²) in [6.45, 7) is 2.23. The Labute approximate surface area is 146 Å². The summed E-state index contributed by atoms with van der Waals surface area (Å²) in [6, 6.07) is 29.9. The van der Waals surface area contributed by atoms with Crippen LogP contribution in [0.15, 0.2) is 89.4 Å². The van der Waals surface area contributed by atoms with Gasteiger partial charge in [-0.25, -0.2) is 0 Å². The lowest BCUT2D eigenvalue weighted by Crippen LogP contribution is -1.94. The Morgan fingerprint density at radius 2 is 1.13 bits per heavy atom. The maximum Gasteiger partial charge on any atom is 0.0175 e. The second kappa shape index (κ2) is 7.43. The van der Waals surface area contributed by atoms with E-state index in [-0.39, 0.29) is 0 Å². The molecule has 0 unspecified atom stereocenters. The van der Waals surface area contributed by atoms with Crippen LogP contribution in [0.5, 0.6) is 0 Å². The molecule has 114 valence electrons. The van der Waals surface area contributed by atoms with Crippen LogP contribution in [0.2, 0.25) is 0 Å². The third-order valence-corrected chi connectivity index (χ3v) is 4.50. The van der Waals surface area contributed by atoms with Crippen molar-refractivity contribution in [2.24, 2.45) is 0 Å². The first-order chi connectivity index (χ1) is 11.3. The van der Waals surface area contributed by atoms with Crippen LogP contribution in [-0.4, -0.2) is 0 Å². The molecule has 0 bridgehead atoms. The van der Waals surface area contributed by atoms with Crippen LogP contribution in [0.25, 0.3) is 11.1 Å². The molecule has 0 spiro atoms. The molecule has 0 aliphatic carbocycles. The Bertz CT molecular complexity index is 784. The topological polar surface area (TPSA) is 0 Å². The van der Waals surface area contributed by atoms with Gasteiger partial charge in [0.05, 0.1) is 0 Å². The van der Waals surface area contributed by atoms with Gasteiger partial charge in [0.1, 0.15) is 0 Å². The highest BCUT2D eigenvalue weighted by Crippen LogP contribution is 2.34. The zero-order chi connectivity index (χ0) is 16.1. The Balaban J connectivity index is 2.26. The zero-order valence-corrected chi connectivity index (χ0v) is 14.8. The Morgan fingerprint density at radius 1 is 0.652 bits per heavy atom. The maximum absolute atomic E-state index is 3.53. The number of rotatable bonds is 4. The van der Waals surface area contributed by atoms with Crippen molar-refractivity contribution in [3.63, 3.8) is 0 Å². The van der Waals surface area contributed by atoms with Gasteiger partial charge in [-0.05, 0) is 46.4 Å². The van der Waals surface area contributed by atoms with Crippen LogP contribution < -0.4 is 0 Å². The summed E-state index contributed by atoms with van der Waals surface area (Å²) < 4.78 is 1.10. The quantitative estimate of drug-likeness (QED) is 0.446. The van der Waals surface area contributed by atoms with Crippen LogP contribution in [0, 0.1) is 0 Å². The van der Waals surface area contributed by atoms with Gasteiger partial charge in [0.15, 0.2) is 0 Å². The van der Waals surface area contributed by atoms with E-state index in [1.807, 2.05) is 0 Å². The fourth-order valence-electron chi connectivity index (χ4n) is 2.90. The van der Waals surface area contributed by atoms with Crippen molar-refractivity contribution in [3.05, 3.63) is 106 Å². The van der Waals surface area contributed by atoms with Crippen LogP contribution in [-0.2, 0) is 0 Å². The van der Waals surface area contributed by atoms with Crippen molar-refractivity contribution >= 4 is 27.1 Å². The molecule has 3 aromatic carbocycles. The molecule has 0 saturated heterocycles. The van der Waals surface area contributed by atoms with Crippen molar-refractivity contribution in [3.8, 4) is 0 Å². The lowest BCUT2D eigenvalue weighted by molar-refractivity contribution is 1.24. The molecule has 3 rings (SSSR count). The lowest BCUT2D eigenvalue weighted by atomic mass is 9.88. The normalized spacial score (nSPS) is 11.9. The minimum atomic E-state index is 0.990. The molecule has 3 aromatic rings. The summed E-state index contributed by atoms with van der Waals surface area (Å²) in [6.07, 6.45) is 0.990. The minimum Gasteiger partial charge on any atom is -0.0622 e. The second-order valence-electron chi connectivity index (χ2n) is 5.45. The molecule has 0 radical (unpaired) electrons. The predicted octanol–water partition coefficient (Wildman–Crippen LogP) is 6.82. The third-order valence-electron chi connectivity index (χ3n) is 3.97. The molecule has 0 amide bonds. The molecule has 0 nitrogen and oxygen atoms in total. The van der Waals surface area contributed by atoms with E-state index in [9.17, 15) is 0 Å². The fraction of sp³-hybridized carbons (Fsp3) is 0.0909. The van der Waals surface area contributed by atoms with E-state index >= 15 is 0 Å². The number of hydrogen-bond acceptors (Lipinski definition) is 0. The van der Waals surface area contributed by atoms with Crippen LogP contribution in [0.1, 0.15) is 30.0 Å². The highest BCUT2D eigenvalue weighted by atomic mass is 79.9. The molecular weight excluding hydrogens is 344 g/mol. The summed E-state index contributed by atoms with van der Waals surface area (Å²) in [5.41, 5.74) is 6.48. The molecule has 0 atom stereocenters. The van der Waals surface area contributed by atoms with Gasteiger partial charge in [0, 0.05) is 4.47 Å². The van der Waals surface area contributed by atoms with E-state index in [0.29, 0.717) is 0 Å². The smallest absolute Gasteiger partial charge is 0.0175 e. The SMILES string of the molecule is CC/C(=C(\c1ccccc1)c1ccc(Br)cc1)c1ccccc1. The first-order valence-corrected chi connectivity index (χ1v) is 8.69. The zero-order valence-electron chi connectivity index (χ0n) is 13.2. The monoisotopic (exact) mass is 362 g/mol. The van der Waals surface area contributed by atoms with E-state index in [0.717, 1.165) is 10.9 Å². The maximum atomic E-state index is 3.53. The Morgan fingerprint density at radius 3 is 1.65 bits per heavy atom. The highest BCUT2D eigenvalue weighted by molar-refractivity contribution is 9.10. The highest BCUT2D eigenvalue weighted by Gasteiger charge is 2.12. The van der Waals surface area contributed by atoms with Crippen molar-refractivity contribution in [1.29, 1.82) is 0 Å². The van der Waals surface area contributed by atoms with E-state index in [2.05, 4.69) is 108 Å². The Kier molecular flexibility index (Phi) is 5.09. The molecule has 0 aliphatic rings. The van der Waals surface area contributed by atoms with E-state index in [1.54, 1.807) is 0 Å². The predicted molar refractivity (Wildman–Crippen MR) is 103 cm³/mol. The first-order valence-electron chi connectivity index (χ1n) is 7.89. The summed E-state index contributed by atoms with van der Waals surface area (Å²) >= 11 is 3.53. The molecule has 0 N–H and O–H groups in total. The summed E-state index contributed by atoms with van der Waals surface area (Å²) in [5.74, 6) is 0. The van der Waals surface area contributed by atoms with Gasteiger partial charge in [-0.3, -0.25) is 0 Å². The second-order valence-corrected chi connectivity index (χ2v) is 6.36. The average molecular weight is 363 g/mol. The van der Waals surface area contributed by atoms with E-state index in [4.69, 9.17) is 0 Å². The average Bonchev–Trinajstić information content (AvgIpc) is 2.62. The van der Waals surface area contributed by atoms with Gasteiger partial charge in [-0.2, -0.15) is 0 Å². The molecule has 1 heteroatoms. The molecule has 23 heavy (non-hydrogen) atoms. The summed E-state index contributed by atoms with van der Waals surface area (Å²) in [5, 5.41) is 0. The number of benzene rings is 3. The molecule has 0 aromatic heterocycles. The van der Waals surface area contributed by atoms with Gasteiger partial charge in [-0.1, -0.05) is 95.7 Å². The van der Waals surface area contributed by atoms with Gasteiger partial charge in [0.2, 0.25) is 0 Å². The first kappa shape index (κ1) is 15.8. The molecule has 0 saturated carbocycles. The molecule has 0 aliphatic heterocycles. The number of halogens is 1. The number of hydrogen-bond donors (Lipinski definition) is 0. The van der Waals surface area contributed by atoms with Crippen molar-refractivity contribution in [1.82, 2.24) is 0 Å². The van der Waals surface area contributed by atoms with E-state index < -0.39 is 0 Å². The van der Waals surface area contributed by atoms with Crippen molar-refractivity contribution < 1.29 is 0 Å². The van der Waals surface area contributed by atoms with Gasteiger partial charge in [0.25, 0.3) is 0 Å².